The number of aromatic nitrogens is 4. The summed E-state index contributed by atoms with van der Waals surface area (Å²) in [6, 6.07) is 0. The Bertz CT molecular complexity index is 761. The van der Waals surface area contributed by atoms with Gasteiger partial charge in [-0.3, -0.25) is 9.59 Å². The standard InChI is InChI=1S/C18H23N5O2/c1-6-12(4)18(25)23(17(24)11(2)3)15-9-21-16(22-13(15)5)14-7-19-10-20-8-14/h7-12H,6H2,1-5H3. The van der Waals surface area contributed by atoms with Crippen molar-refractivity contribution in [2.75, 3.05) is 4.90 Å². The summed E-state index contributed by atoms with van der Waals surface area (Å²) in [7, 11) is 0. The number of carbonyl (C=O) groups is 2. The number of amides is 2. The molecular formula is C18H23N5O2. The minimum absolute atomic E-state index is 0.233. The summed E-state index contributed by atoms with van der Waals surface area (Å²) in [5.74, 6) is -0.606. The molecule has 0 saturated heterocycles. The lowest BCUT2D eigenvalue weighted by molar-refractivity contribution is -0.130. The van der Waals surface area contributed by atoms with Gasteiger partial charge in [0.2, 0.25) is 11.8 Å². The van der Waals surface area contributed by atoms with Gasteiger partial charge in [-0.15, -0.1) is 0 Å². The van der Waals surface area contributed by atoms with Crippen molar-refractivity contribution in [3.8, 4) is 11.4 Å². The molecule has 0 aliphatic rings. The van der Waals surface area contributed by atoms with Crippen molar-refractivity contribution in [2.24, 2.45) is 11.8 Å². The molecule has 2 rings (SSSR count). The average molecular weight is 341 g/mol. The lowest BCUT2D eigenvalue weighted by Gasteiger charge is -2.26. The maximum Gasteiger partial charge on any atom is 0.236 e. The van der Waals surface area contributed by atoms with Crippen LogP contribution in [0.3, 0.4) is 0 Å². The van der Waals surface area contributed by atoms with Crippen LogP contribution in [0, 0.1) is 18.8 Å². The summed E-state index contributed by atoms with van der Waals surface area (Å²) in [4.78, 5) is 43.3. The molecule has 1 atom stereocenters. The normalized spacial score (nSPS) is 12.1. The van der Waals surface area contributed by atoms with Crippen LogP contribution in [0.25, 0.3) is 11.4 Å². The van der Waals surface area contributed by atoms with Crippen molar-refractivity contribution in [2.45, 2.75) is 41.0 Å². The van der Waals surface area contributed by atoms with E-state index in [1.165, 1.54) is 17.4 Å². The van der Waals surface area contributed by atoms with Gasteiger partial charge in [-0.25, -0.2) is 24.8 Å². The lowest BCUT2D eigenvalue weighted by atomic mass is 10.1. The molecule has 25 heavy (non-hydrogen) atoms. The van der Waals surface area contributed by atoms with Crippen molar-refractivity contribution < 1.29 is 9.59 Å². The monoisotopic (exact) mass is 341 g/mol. The molecule has 0 spiro atoms. The Kier molecular flexibility index (Phi) is 5.90. The first-order chi connectivity index (χ1) is 11.9. The van der Waals surface area contributed by atoms with Crippen LogP contribution in [0.1, 0.15) is 39.8 Å². The summed E-state index contributed by atoms with van der Waals surface area (Å²) in [6.07, 6.45) is 6.83. The van der Waals surface area contributed by atoms with Gasteiger partial charge in [-0.1, -0.05) is 27.7 Å². The molecule has 0 radical (unpaired) electrons. The van der Waals surface area contributed by atoms with E-state index >= 15 is 0 Å². The van der Waals surface area contributed by atoms with Crippen LogP contribution in [0.15, 0.2) is 24.9 Å². The highest BCUT2D eigenvalue weighted by Gasteiger charge is 2.30. The molecule has 7 nitrogen and oxygen atoms in total. The molecule has 0 saturated carbocycles. The number of carbonyl (C=O) groups excluding carboxylic acids is 2. The zero-order valence-corrected chi connectivity index (χ0v) is 15.2. The molecule has 1 unspecified atom stereocenters. The van der Waals surface area contributed by atoms with Gasteiger partial charge in [0.25, 0.3) is 0 Å². The minimum Gasteiger partial charge on any atom is -0.274 e. The minimum atomic E-state index is -0.311. The summed E-state index contributed by atoms with van der Waals surface area (Å²) >= 11 is 0. The Hall–Kier alpha value is -2.70. The van der Waals surface area contributed by atoms with Gasteiger partial charge in [0.1, 0.15) is 6.33 Å². The quantitative estimate of drug-likeness (QED) is 0.831. The van der Waals surface area contributed by atoms with E-state index in [0.29, 0.717) is 29.2 Å². The van der Waals surface area contributed by atoms with Crippen LogP contribution in [-0.2, 0) is 9.59 Å². The summed E-state index contributed by atoms with van der Waals surface area (Å²) in [5, 5.41) is 0. The van der Waals surface area contributed by atoms with E-state index in [1.54, 1.807) is 33.2 Å². The number of imide groups is 1. The third kappa shape index (κ3) is 4.04. The van der Waals surface area contributed by atoms with E-state index in [-0.39, 0.29) is 23.7 Å². The first-order valence-corrected chi connectivity index (χ1v) is 8.33. The van der Waals surface area contributed by atoms with Gasteiger partial charge in [0.05, 0.1) is 23.1 Å². The van der Waals surface area contributed by atoms with Crippen LogP contribution in [0.5, 0.6) is 0 Å². The van der Waals surface area contributed by atoms with Crippen molar-refractivity contribution in [1.82, 2.24) is 19.9 Å². The van der Waals surface area contributed by atoms with E-state index < -0.39 is 0 Å². The van der Waals surface area contributed by atoms with Gasteiger partial charge < -0.3 is 0 Å². The second-order valence-electron chi connectivity index (χ2n) is 6.27. The molecular weight excluding hydrogens is 318 g/mol. The van der Waals surface area contributed by atoms with Crippen molar-refractivity contribution >= 4 is 17.5 Å². The fraction of sp³-hybridized carbons (Fsp3) is 0.444. The highest BCUT2D eigenvalue weighted by molar-refractivity contribution is 6.16. The Balaban J connectivity index is 2.47. The second kappa shape index (κ2) is 7.92. The van der Waals surface area contributed by atoms with Crippen LogP contribution in [0.2, 0.25) is 0 Å². The van der Waals surface area contributed by atoms with E-state index in [1.807, 2.05) is 13.8 Å². The van der Waals surface area contributed by atoms with Crippen LogP contribution in [0.4, 0.5) is 5.69 Å². The molecule has 0 aliphatic carbocycles. The molecule has 2 aromatic rings. The molecule has 2 amide bonds. The molecule has 132 valence electrons. The number of nitrogens with zero attached hydrogens (tertiary/aromatic N) is 5. The predicted molar refractivity (Wildman–Crippen MR) is 94.6 cm³/mol. The van der Waals surface area contributed by atoms with Crippen LogP contribution >= 0.6 is 0 Å². The molecule has 0 aromatic carbocycles. The molecule has 0 aliphatic heterocycles. The summed E-state index contributed by atoms with van der Waals surface area (Å²) in [6.45, 7) is 9.03. The number of hydrogen-bond donors (Lipinski definition) is 0. The van der Waals surface area contributed by atoms with Gasteiger partial charge in [-0.2, -0.15) is 0 Å². The lowest BCUT2D eigenvalue weighted by Crippen LogP contribution is -2.43. The Morgan fingerprint density at radius 3 is 2.24 bits per heavy atom. The topological polar surface area (TPSA) is 88.9 Å². The zero-order chi connectivity index (χ0) is 18.6. The fourth-order valence-corrected chi connectivity index (χ4v) is 2.23. The Morgan fingerprint density at radius 2 is 1.72 bits per heavy atom. The zero-order valence-electron chi connectivity index (χ0n) is 15.2. The van der Waals surface area contributed by atoms with Crippen LogP contribution < -0.4 is 4.90 Å². The maximum absolute atomic E-state index is 12.8. The van der Waals surface area contributed by atoms with E-state index in [9.17, 15) is 9.59 Å². The number of anilines is 1. The first kappa shape index (κ1) is 18.6. The van der Waals surface area contributed by atoms with Gasteiger partial charge in [-0.05, 0) is 13.3 Å². The molecule has 2 heterocycles. The fourth-order valence-electron chi connectivity index (χ4n) is 2.23. The van der Waals surface area contributed by atoms with E-state index in [2.05, 4.69) is 19.9 Å². The third-order valence-corrected chi connectivity index (χ3v) is 3.98. The highest BCUT2D eigenvalue weighted by Crippen LogP contribution is 2.24. The highest BCUT2D eigenvalue weighted by atomic mass is 16.2. The SMILES string of the molecule is CCC(C)C(=O)N(C(=O)C(C)C)c1cnc(-c2cncnc2)nc1C. The van der Waals surface area contributed by atoms with Gasteiger partial charge in [0.15, 0.2) is 5.82 Å². The number of rotatable bonds is 5. The predicted octanol–water partition coefficient (Wildman–Crippen LogP) is 2.80. The van der Waals surface area contributed by atoms with E-state index in [4.69, 9.17) is 0 Å². The van der Waals surface area contributed by atoms with E-state index in [0.717, 1.165) is 0 Å². The average Bonchev–Trinajstić information content (AvgIpc) is 2.62. The molecule has 0 bridgehead atoms. The van der Waals surface area contributed by atoms with Gasteiger partial charge >= 0.3 is 0 Å². The third-order valence-electron chi connectivity index (χ3n) is 3.98. The Labute approximate surface area is 147 Å². The van der Waals surface area contributed by atoms with Gasteiger partial charge in [0, 0.05) is 24.2 Å². The van der Waals surface area contributed by atoms with Crippen molar-refractivity contribution in [1.29, 1.82) is 0 Å². The molecule has 0 N–H and O–H groups in total. The number of hydrogen-bond acceptors (Lipinski definition) is 6. The smallest absolute Gasteiger partial charge is 0.236 e. The molecule has 0 fully saturated rings. The summed E-state index contributed by atoms with van der Waals surface area (Å²) < 4.78 is 0. The first-order valence-electron chi connectivity index (χ1n) is 8.33. The van der Waals surface area contributed by atoms with Crippen molar-refractivity contribution in [3.63, 3.8) is 0 Å². The molecule has 2 aromatic heterocycles. The largest absolute Gasteiger partial charge is 0.274 e. The van der Waals surface area contributed by atoms with Crippen molar-refractivity contribution in [3.05, 3.63) is 30.6 Å². The maximum atomic E-state index is 12.8. The summed E-state index contributed by atoms with van der Waals surface area (Å²) in [5.41, 5.74) is 1.65. The number of aryl methyl sites for hydroxylation is 1. The Morgan fingerprint density at radius 1 is 1.08 bits per heavy atom. The van der Waals surface area contributed by atoms with Crippen LogP contribution in [-0.4, -0.2) is 31.8 Å². The molecule has 7 heteroatoms. The second-order valence-corrected chi connectivity index (χ2v) is 6.27.